The molecule has 0 aliphatic heterocycles. The van der Waals surface area contributed by atoms with Crippen LogP contribution in [-0.4, -0.2) is 9.78 Å². The highest BCUT2D eigenvalue weighted by Gasteiger charge is 2.19. The van der Waals surface area contributed by atoms with E-state index in [1.165, 1.54) is 6.07 Å². The number of nitrogens with zero attached hydrogens (tertiary/aromatic N) is 2. The third-order valence-electron chi connectivity index (χ3n) is 2.93. The molecule has 0 fully saturated rings. The van der Waals surface area contributed by atoms with Crippen LogP contribution < -0.4 is 5.73 Å². The smallest absolute Gasteiger partial charge is 0.132 e. The summed E-state index contributed by atoms with van der Waals surface area (Å²) in [5, 5.41) is 4.32. The van der Waals surface area contributed by atoms with Gasteiger partial charge in [0.05, 0.1) is 11.9 Å². The highest BCUT2D eigenvalue weighted by Crippen LogP contribution is 2.31. The van der Waals surface area contributed by atoms with Gasteiger partial charge in [0.15, 0.2) is 0 Å². The number of aromatic nitrogens is 2. The summed E-state index contributed by atoms with van der Waals surface area (Å²) >= 11 is 0. The van der Waals surface area contributed by atoms with Gasteiger partial charge in [-0.3, -0.25) is 4.68 Å². The molecule has 18 heavy (non-hydrogen) atoms. The molecule has 1 unspecified atom stereocenters. The molecular weight excluding hydrogens is 229 g/mol. The van der Waals surface area contributed by atoms with Crippen molar-refractivity contribution >= 4 is 0 Å². The predicted octanol–water partition coefficient (Wildman–Crippen LogP) is 3.29. The van der Waals surface area contributed by atoms with Crippen LogP contribution in [0.2, 0.25) is 0 Å². The molecule has 2 N–H and O–H groups in total. The molecule has 1 heterocycles. The van der Waals surface area contributed by atoms with E-state index in [0.717, 1.165) is 11.3 Å². The number of hydrogen-bond donors (Lipinski definition) is 1. The van der Waals surface area contributed by atoms with Crippen LogP contribution in [0.5, 0.6) is 0 Å². The summed E-state index contributed by atoms with van der Waals surface area (Å²) in [4.78, 5) is 0. The van der Waals surface area contributed by atoms with Gasteiger partial charge in [0.2, 0.25) is 0 Å². The van der Waals surface area contributed by atoms with Crippen molar-refractivity contribution in [2.75, 3.05) is 0 Å². The van der Waals surface area contributed by atoms with Gasteiger partial charge in [-0.05, 0) is 32.9 Å². The van der Waals surface area contributed by atoms with Crippen LogP contribution in [0.4, 0.5) is 4.39 Å². The lowest BCUT2D eigenvalue weighted by molar-refractivity contribution is 0.534. The second-order valence-electron chi connectivity index (χ2n) is 4.76. The average molecular weight is 247 g/mol. The Morgan fingerprint density at radius 2 is 1.89 bits per heavy atom. The molecule has 0 bridgehead atoms. The highest BCUT2D eigenvalue weighted by atomic mass is 19.1. The Morgan fingerprint density at radius 3 is 2.44 bits per heavy atom. The lowest BCUT2D eigenvalue weighted by atomic mass is 10.0. The van der Waals surface area contributed by atoms with Gasteiger partial charge in [-0.2, -0.15) is 5.10 Å². The molecule has 0 saturated heterocycles. The standard InChI is InChI=1S/C14H18FN3/c1-9(2)18-14(12(8-17-18)10(3)16)11-6-4-5-7-13(11)15/h4-10H,16H2,1-3H3. The van der Waals surface area contributed by atoms with E-state index in [0.29, 0.717) is 5.56 Å². The number of hydrogen-bond acceptors (Lipinski definition) is 2. The van der Waals surface area contributed by atoms with Gasteiger partial charge >= 0.3 is 0 Å². The molecule has 0 radical (unpaired) electrons. The Kier molecular flexibility index (Phi) is 3.48. The fourth-order valence-electron chi connectivity index (χ4n) is 2.03. The first-order valence-electron chi connectivity index (χ1n) is 6.10. The second kappa shape index (κ2) is 4.90. The Balaban J connectivity index is 2.68. The molecule has 0 aliphatic rings. The lowest BCUT2D eigenvalue weighted by Gasteiger charge is -2.14. The maximum atomic E-state index is 14.0. The molecule has 2 rings (SSSR count). The summed E-state index contributed by atoms with van der Waals surface area (Å²) in [5.74, 6) is -0.248. The van der Waals surface area contributed by atoms with Gasteiger partial charge in [0.25, 0.3) is 0 Å². The topological polar surface area (TPSA) is 43.8 Å². The van der Waals surface area contributed by atoms with Crippen LogP contribution in [-0.2, 0) is 0 Å². The molecule has 0 amide bonds. The van der Waals surface area contributed by atoms with E-state index in [4.69, 9.17) is 5.73 Å². The third-order valence-corrected chi connectivity index (χ3v) is 2.93. The summed E-state index contributed by atoms with van der Waals surface area (Å²) in [5.41, 5.74) is 8.14. The molecule has 1 aromatic carbocycles. The monoisotopic (exact) mass is 247 g/mol. The van der Waals surface area contributed by atoms with Gasteiger partial charge in [-0.15, -0.1) is 0 Å². The maximum Gasteiger partial charge on any atom is 0.132 e. The minimum atomic E-state index is -0.248. The Bertz CT molecular complexity index is 518. The van der Waals surface area contributed by atoms with Crippen LogP contribution in [0.15, 0.2) is 30.5 Å². The van der Waals surface area contributed by atoms with E-state index in [1.54, 1.807) is 18.3 Å². The van der Waals surface area contributed by atoms with Crippen molar-refractivity contribution in [1.82, 2.24) is 9.78 Å². The zero-order valence-electron chi connectivity index (χ0n) is 10.9. The molecule has 0 saturated carbocycles. The number of halogens is 1. The van der Waals surface area contributed by atoms with Crippen molar-refractivity contribution in [3.63, 3.8) is 0 Å². The first-order chi connectivity index (χ1) is 8.52. The van der Waals surface area contributed by atoms with Crippen LogP contribution in [0.25, 0.3) is 11.3 Å². The second-order valence-corrected chi connectivity index (χ2v) is 4.76. The van der Waals surface area contributed by atoms with Crippen LogP contribution in [0.1, 0.15) is 38.4 Å². The number of nitrogens with two attached hydrogens (primary N) is 1. The summed E-state index contributed by atoms with van der Waals surface area (Å²) in [6.07, 6.45) is 1.73. The van der Waals surface area contributed by atoms with E-state index < -0.39 is 0 Å². The van der Waals surface area contributed by atoms with Crippen molar-refractivity contribution in [2.24, 2.45) is 5.73 Å². The van der Waals surface area contributed by atoms with Crippen LogP contribution in [0.3, 0.4) is 0 Å². The van der Waals surface area contributed by atoms with Crippen LogP contribution >= 0.6 is 0 Å². The predicted molar refractivity (Wildman–Crippen MR) is 70.6 cm³/mol. The Morgan fingerprint density at radius 1 is 1.22 bits per heavy atom. The summed E-state index contributed by atoms with van der Waals surface area (Å²) in [7, 11) is 0. The first kappa shape index (κ1) is 12.8. The maximum absolute atomic E-state index is 14.0. The fourth-order valence-corrected chi connectivity index (χ4v) is 2.03. The van der Waals surface area contributed by atoms with Crippen molar-refractivity contribution in [3.8, 4) is 11.3 Å². The van der Waals surface area contributed by atoms with E-state index in [1.807, 2.05) is 31.5 Å². The Labute approximate surface area is 106 Å². The largest absolute Gasteiger partial charge is 0.324 e. The number of rotatable bonds is 3. The molecule has 1 atom stereocenters. The molecule has 4 heteroatoms. The van der Waals surface area contributed by atoms with Crippen molar-refractivity contribution in [2.45, 2.75) is 32.9 Å². The molecule has 0 spiro atoms. The normalized spacial score (nSPS) is 13.0. The van der Waals surface area contributed by atoms with E-state index in [2.05, 4.69) is 5.10 Å². The molecule has 2 aromatic rings. The average Bonchev–Trinajstić information content (AvgIpc) is 2.74. The van der Waals surface area contributed by atoms with E-state index in [9.17, 15) is 4.39 Å². The molecule has 0 aliphatic carbocycles. The quantitative estimate of drug-likeness (QED) is 0.904. The summed E-state index contributed by atoms with van der Waals surface area (Å²) in [6.45, 7) is 5.91. The van der Waals surface area contributed by atoms with E-state index in [-0.39, 0.29) is 17.9 Å². The van der Waals surface area contributed by atoms with Gasteiger partial charge in [0, 0.05) is 23.2 Å². The summed E-state index contributed by atoms with van der Waals surface area (Å²) < 4.78 is 15.8. The number of benzene rings is 1. The highest BCUT2D eigenvalue weighted by molar-refractivity contribution is 5.64. The molecule has 1 aromatic heterocycles. The molecule has 96 valence electrons. The Hall–Kier alpha value is -1.68. The van der Waals surface area contributed by atoms with Crippen LogP contribution in [0, 0.1) is 5.82 Å². The first-order valence-corrected chi connectivity index (χ1v) is 6.10. The van der Waals surface area contributed by atoms with Crippen molar-refractivity contribution in [1.29, 1.82) is 0 Å². The van der Waals surface area contributed by atoms with Gasteiger partial charge in [-0.25, -0.2) is 4.39 Å². The van der Waals surface area contributed by atoms with Gasteiger partial charge in [0.1, 0.15) is 5.82 Å². The van der Waals surface area contributed by atoms with Gasteiger partial charge < -0.3 is 5.73 Å². The van der Waals surface area contributed by atoms with Crippen molar-refractivity contribution < 1.29 is 4.39 Å². The van der Waals surface area contributed by atoms with Gasteiger partial charge in [-0.1, -0.05) is 12.1 Å². The van der Waals surface area contributed by atoms with Crippen molar-refractivity contribution in [3.05, 3.63) is 41.8 Å². The SMILES string of the molecule is CC(N)c1cnn(C(C)C)c1-c1ccccc1F. The zero-order valence-corrected chi connectivity index (χ0v) is 10.9. The molecular formula is C14H18FN3. The summed E-state index contributed by atoms with van der Waals surface area (Å²) in [6, 6.07) is 6.70. The molecule has 3 nitrogen and oxygen atoms in total. The minimum absolute atomic E-state index is 0.159. The fraction of sp³-hybridized carbons (Fsp3) is 0.357. The van der Waals surface area contributed by atoms with E-state index >= 15 is 0 Å². The lowest BCUT2D eigenvalue weighted by Crippen LogP contribution is -2.10. The minimum Gasteiger partial charge on any atom is -0.324 e. The third kappa shape index (κ3) is 2.16. The zero-order chi connectivity index (χ0) is 13.3.